The van der Waals surface area contributed by atoms with Crippen LogP contribution >= 0.6 is 23.2 Å². The van der Waals surface area contributed by atoms with Gasteiger partial charge in [-0.3, -0.25) is 28.3 Å². The molecule has 0 atom stereocenters. The van der Waals surface area contributed by atoms with Gasteiger partial charge in [-0.1, -0.05) is 130 Å². The van der Waals surface area contributed by atoms with Crippen LogP contribution in [0.4, 0.5) is 23.0 Å². The maximum absolute atomic E-state index is 13.2. The number of halogens is 2. The lowest BCUT2D eigenvalue weighted by molar-refractivity contribution is 0.101. The van der Waals surface area contributed by atoms with E-state index in [1.54, 1.807) is 120 Å². The molecule has 0 aliphatic carbocycles. The monoisotopic (exact) mass is 994 g/mol. The third-order valence-electron chi connectivity index (χ3n) is 10.6. The van der Waals surface area contributed by atoms with Gasteiger partial charge in [-0.15, -0.1) is 0 Å². The SMILES string of the molecule is C=C/C=C(\C=C)Nc1cc(=O)c2c(C)cc(C(=O)Nc3cccc(Cl)c3)nc2n1-c1ccccc1.C=C/C=C(\C=C)Nc1cc(=O)c2c(C)cc(C(=O)Nc3ccccc3Cl)nc2n1-c1ccccc1.CC. The lowest BCUT2D eigenvalue weighted by Crippen LogP contribution is -2.19. The lowest BCUT2D eigenvalue weighted by atomic mass is 10.1. The first-order chi connectivity index (χ1) is 34.8. The number of hydrogen-bond donors (Lipinski definition) is 4. The molecule has 12 nitrogen and oxygen atoms in total. The minimum absolute atomic E-state index is 0.154. The van der Waals surface area contributed by atoms with Crippen LogP contribution < -0.4 is 32.1 Å². The van der Waals surface area contributed by atoms with Gasteiger partial charge < -0.3 is 21.3 Å². The molecule has 0 aliphatic heterocycles. The summed E-state index contributed by atoms with van der Waals surface area (Å²) in [5.41, 5.74) is 5.68. The van der Waals surface area contributed by atoms with Crippen LogP contribution in [0.2, 0.25) is 10.0 Å². The van der Waals surface area contributed by atoms with Gasteiger partial charge in [0, 0.05) is 45.6 Å². The number of aromatic nitrogens is 4. The predicted molar refractivity (Wildman–Crippen MR) is 299 cm³/mol. The highest BCUT2D eigenvalue weighted by molar-refractivity contribution is 6.34. The summed E-state index contributed by atoms with van der Waals surface area (Å²) >= 11 is 12.3. The number of rotatable bonds is 14. The number of fused-ring (bicyclic) bond motifs is 2. The van der Waals surface area contributed by atoms with Gasteiger partial charge in [-0.2, -0.15) is 0 Å². The van der Waals surface area contributed by atoms with Gasteiger partial charge in [-0.25, -0.2) is 9.97 Å². The van der Waals surface area contributed by atoms with E-state index in [9.17, 15) is 19.2 Å². The summed E-state index contributed by atoms with van der Waals surface area (Å²) in [5.74, 6) is 0.0890. The molecule has 0 saturated heterocycles. The van der Waals surface area contributed by atoms with Crippen molar-refractivity contribution < 1.29 is 9.59 Å². The number of nitrogens with zero attached hydrogens (tertiary/aromatic N) is 4. The fraction of sp³-hybridized carbons (Fsp3) is 0.0690. The summed E-state index contributed by atoms with van der Waals surface area (Å²) < 4.78 is 3.61. The number of amides is 2. The fourth-order valence-corrected chi connectivity index (χ4v) is 7.84. The summed E-state index contributed by atoms with van der Waals surface area (Å²) in [4.78, 5) is 61.8. The number of aryl methyl sites for hydroxylation is 2. The number of para-hydroxylation sites is 3. The van der Waals surface area contributed by atoms with Crippen LogP contribution in [0, 0.1) is 13.8 Å². The Balaban J connectivity index is 0.000000228. The van der Waals surface area contributed by atoms with Gasteiger partial charge in [0.25, 0.3) is 11.8 Å². The molecule has 14 heteroatoms. The van der Waals surface area contributed by atoms with E-state index in [-0.39, 0.29) is 22.2 Å². The molecule has 4 aromatic heterocycles. The van der Waals surface area contributed by atoms with Gasteiger partial charge in [0.1, 0.15) is 23.0 Å². The highest BCUT2D eigenvalue weighted by atomic mass is 35.5. The van der Waals surface area contributed by atoms with Crippen molar-refractivity contribution in [3.05, 3.63) is 261 Å². The van der Waals surface area contributed by atoms with Crippen molar-refractivity contribution in [2.45, 2.75) is 27.7 Å². The highest BCUT2D eigenvalue weighted by Crippen LogP contribution is 2.28. The second-order valence-corrected chi connectivity index (χ2v) is 16.3. The summed E-state index contributed by atoms with van der Waals surface area (Å²) in [5, 5.41) is 13.8. The van der Waals surface area contributed by atoms with Crippen LogP contribution in [0.1, 0.15) is 46.0 Å². The zero-order valence-electron chi connectivity index (χ0n) is 40.2. The van der Waals surface area contributed by atoms with Crippen molar-refractivity contribution in [2.75, 3.05) is 21.3 Å². The topological polar surface area (TPSA) is 152 Å². The average molecular weight is 996 g/mol. The Kier molecular flexibility index (Phi) is 18.0. The van der Waals surface area contributed by atoms with E-state index in [0.717, 1.165) is 11.4 Å². The number of anilines is 4. The molecule has 0 aliphatic rings. The van der Waals surface area contributed by atoms with Crippen LogP contribution in [0.5, 0.6) is 0 Å². The van der Waals surface area contributed by atoms with Gasteiger partial charge in [0.15, 0.2) is 22.2 Å². The van der Waals surface area contributed by atoms with Crippen LogP contribution in [-0.4, -0.2) is 30.9 Å². The highest BCUT2D eigenvalue weighted by Gasteiger charge is 2.21. The average Bonchev–Trinajstić information content (AvgIpc) is 3.37. The van der Waals surface area contributed by atoms with Gasteiger partial charge in [-0.05, 0) is 116 Å². The summed E-state index contributed by atoms with van der Waals surface area (Å²) in [6, 6.07) is 39.0. The Hall–Kier alpha value is -8.84. The number of carbonyl (C=O) groups excluding carboxylic acids is 2. The Labute approximate surface area is 427 Å². The van der Waals surface area contributed by atoms with Crippen LogP contribution in [0.3, 0.4) is 0 Å². The molecule has 8 aromatic rings. The maximum Gasteiger partial charge on any atom is 0.274 e. The molecule has 362 valence electrons. The standard InChI is InChI=1S/2C28H23ClN4O2.C2H6/c1-4-11-19(5-2)30-25-17-24(34)26-18(3)16-23(28(35)32-22-15-10-9-14-21(22)29)31-27(26)33(25)20-12-7-6-8-13-20;1-4-10-20(5-2)30-25-17-24(34)26-18(3)15-23(28(35)31-21-12-9-11-19(29)16-21)32-27(26)33(25)22-13-7-6-8-14-22;1-2/h4-17,30H,1-2H2,3H3,(H,32,35);4-17,30H,1-2H2,3H3,(H,31,35);1-2H3/b19-11+;20-10+;. The van der Waals surface area contributed by atoms with Crippen LogP contribution in [-0.2, 0) is 0 Å². The smallest absolute Gasteiger partial charge is 0.274 e. The molecule has 4 aromatic carbocycles. The largest absolute Gasteiger partial charge is 0.341 e. The third-order valence-corrected chi connectivity index (χ3v) is 11.2. The first-order valence-corrected chi connectivity index (χ1v) is 23.4. The predicted octanol–water partition coefficient (Wildman–Crippen LogP) is 13.6. The number of carbonyl (C=O) groups is 2. The number of pyridine rings is 4. The molecular weight excluding hydrogens is 944 g/mol. The van der Waals surface area contributed by atoms with Crippen LogP contribution in [0.15, 0.2) is 217 Å². The van der Waals surface area contributed by atoms with Gasteiger partial charge in [0.2, 0.25) is 0 Å². The molecule has 0 bridgehead atoms. The normalized spacial score (nSPS) is 11.0. The fourth-order valence-electron chi connectivity index (χ4n) is 7.47. The summed E-state index contributed by atoms with van der Waals surface area (Å²) in [6.45, 7) is 22.7. The second kappa shape index (κ2) is 24.6. The second-order valence-electron chi connectivity index (χ2n) is 15.4. The molecule has 0 spiro atoms. The lowest BCUT2D eigenvalue weighted by Gasteiger charge is -2.19. The zero-order chi connectivity index (χ0) is 51.9. The van der Waals surface area contributed by atoms with E-state index >= 15 is 0 Å². The first-order valence-electron chi connectivity index (χ1n) is 22.7. The molecule has 4 heterocycles. The summed E-state index contributed by atoms with van der Waals surface area (Å²) in [6.07, 6.45) is 9.97. The maximum atomic E-state index is 13.2. The molecule has 0 fully saturated rings. The molecule has 0 unspecified atom stereocenters. The van der Waals surface area contributed by atoms with E-state index in [1.807, 2.05) is 74.5 Å². The quantitative estimate of drug-likeness (QED) is 0.0786. The Bertz CT molecular complexity index is 3550. The molecule has 2 amide bonds. The third kappa shape index (κ3) is 12.3. The molecule has 8 rings (SSSR count). The number of allylic oxidation sites excluding steroid dienone is 6. The Morgan fingerprint density at radius 2 is 0.986 bits per heavy atom. The van der Waals surface area contributed by atoms with E-state index in [1.165, 1.54) is 12.1 Å². The van der Waals surface area contributed by atoms with Crippen molar-refractivity contribution >= 4 is 80.1 Å². The number of hydrogen-bond acceptors (Lipinski definition) is 8. The van der Waals surface area contributed by atoms with Crippen molar-refractivity contribution in [2.24, 2.45) is 0 Å². The van der Waals surface area contributed by atoms with Crippen molar-refractivity contribution in [3.8, 4) is 11.4 Å². The van der Waals surface area contributed by atoms with E-state index in [2.05, 4.69) is 57.6 Å². The molecule has 0 saturated carbocycles. The minimum Gasteiger partial charge on any atom is -0.341 e. The van der Waals surface area contributed by atoms with Crippen LogP contribution in [0.25, 0.3) is 33.4 Å². The molecule has 72 heavy (non-hydrogen) atoms. The van der Waals surface area contributed by atoms with E-state index in [0.29, 0.717) is 77.6 Å². The van der Waals surface area contributed by atoms with Gasteiger partial charge in [0.05, 0.1) is 21.5 Å². The minimum atomic E-state index is -0.438. The van der Waals surface area contributed by atoms with E-state index in [4.69, 9.17) is 23.2 Å². The Morgan fingerprint density at radius 3 is 1.42 bits per heavy atom. The Morgan fingerprint density at radius 1 is 0.542 bits per heavy atom. The number of benzene rings is 4. The zero-order valence-corrected chi connectivity index (χ0v) is 41.7. The van der Waals surface area contributed by atoms with Crippen molar-refractivity contribution in [3.63, 3.8) is 0 Å². The van der Waals surface area contributed by atoms with Crippen molar-refractivity contribution in [1.82, 2.24) is 19.1 Å². The molecule has 0 radical (unpaired) electrons. The van der Waals surface area contributed by atoms with E-state index < -0.39 is 11.8 Å². The van der Waals surface area contributed by atoms with Crippen molar-refractivity contribution in [1.29, 1.82) is 0 Å². The molecular formula is C58H52Cl2N8O4. The molecule has 4 N–H and O–H groups in total. The summed E-state index contributed by atoms with van der Waals surface area (Å²) in [7, 11) is 0. The number of nitrogens with one attached hydrogen (secondary N) is 4. The first kappa shape index (κ1) is 52.5. The van der Waals surface area contributed by atoms with Gasteiger partial charge >= 0.3 is 0 Å².